The third-order valence-corrected chi connectivity index (χ3v) is 7.45. The van der Waals surface area contributed by atoms with Crippen LogP contribution in [0.3, 0.4) is 0 Å². The van der Waals surface area contributed by atoms with Crippen LogP contribution in [-0.2, 0) is 16.6 Å². The maximum absolute atomic E-state index is 12.8. The standard InChI is InChI=1S/C21H27N7O2S/c1-22-21(24-16-20-26-25-19-9-5-6-12-28(19)20)23-15-17-10-13-27(14-11-17)31(29,30)18-7-3-2-4-8-18/h2-9,12,17H,10-11,13-16H2,1H3,(H2,22,23,24). The van der Waals surface area contributed by atoms with E-state index in [2.05, 4.69) is 25.8 Å². The average molecular weight is 442 g/mol. The zero-order valence-corrected chi connectivity index (χ0v) is 18.3. The van der Waals surface area contributed by atoms with Crippen molar-refractivity contribution in [2.75, 3.05) is 26.7 Å². The molecule has 1 aromatic carbocycles. The van der Waals surface area contributed by atoms with Crippen LogP contribution >= 0.6 is 0 Å². The Morgan fingerprint density at radius 1 is 1.06 bits per heavy atom. The molecule has 0 radical (unpaired) electrons. The van der Waals surface area contributed by atoms with E-state index in [0.717, 1.165) is 30.9 Å². The van der Waals surface area contributed by atoms with Crippen LogP contribution in [0.15, 0.2) is 64.6 Å². The second-order valence-electron chi connectivity index (χ2n) is 7.51. The Labute approximate surface area is 182 Å². The summed E-state index contributed by atoms with van der Waals surface area (Å²) < 4.78 is 29.1. The highest BCUT2D eigenvalue weighted by Gasteiger charge is 2.29. The van der Waals surface area contributed by atoms with Crippen molar-refractivity contribution in [2.45, 2.75) is 24.3 Å². The topological polar surface area (TPSA) is 104 Å². The van der Waals surface area contributed by atoms with Crippen LogP contribution in [0.1, 0.15) is 18.7 Å². The summed E-state index contributed by atoms with van der Waals surface area (Å²) in [4.78, 5) is 4.64. The summed E-state index contributed by atoms with van der Waals surface area (Å²) in [6, 6.07) is 14.4. The molecule has 2 N–H and O–H groups in total. The third kappa shape index (κ3) is 4.86. The van der Waals surface area contributed by atoms with Crippen molar-refractivity contribution in [2.24, 2.45) is 10.9 Å². The minimum Gasteiger partial charge on any atom is -0.356 e. The van der Waals surface area contributed by atoms with Crippen LogP contribution in [0.4, 0.5) is 0 Å². The van der Waals surface area contributed by atoms with Crippen molar-refractivity contribution in [3.05, 3.63) is 60.6 Å². The minimum absolute atomic E-state index is 0.359. The van der Waals surface area contributed by atoms with Gasteiger partial charge in [0.1, 0.15) is 0 Å². The molecule has 1 aliphatic heterocycles. The van der Waals surface area contributed by atoms with Crippen LogP contribution in [0.5, 0.6) is 0 Å². The normalized spacial score (nSPS) is 16.5. The molecule has 9 nitrogen and oxygen atoms in total. The van der Waals surface area contributed by atoms with E-state index < -0.39 is 10.0 Å². The molecule has 2 aromatic heterocycles. The van der Waals surface area contributed by atoms with Gasteiger partial charge in [-0.05, 0) is 43.0 Å². The zero-order valence-electron chi connectivity index (χ0n) is 17.5. The maximum Gasteiger partial charge on any atom is 0.243 e. The highest BCUT2D eigenvalue weighted by Crippen LogP contribution is 2.23. The Hall–Kier alpha value is -2.98. The number of nitrogens with zero attached hydrogens (tertiary/aromatic N) is 5. The van der Waals surface area contributed by atoms with Gasteiger partial charge in [0.25, 0.3) is 0 Å². The molecule has 3 aromatic rings. The molecule has 1 aliphatic rings. The summed E-state index contributed by atoms with van der Waals surface area (Å²) >= 11 is 0. The first-order chi connectivity index (χ1) is 15.1. The Morgan fingerprint density at radius 2 is 1.81 bits per heavy atom. The van der Waals surface area contributed by atoms with Gasteiger partial charge in [0.15, 0.2) is 17.4 Å². The van der Waals surface area contributed by atoms with Crippen molar-refractivity contribution < 1.29 is 8.42 Å². The quantitative estimate of drug-likeness (QED) is 0.444. The number of fused-ring (bicyclic) bond motifs is 1. The van der Waals surface area contributed by atoms with Gasteiger partial charge in [-0.25, -0.2) is 8.42 Å². The fourth-order valence-electron chi connectivity index (χ4n) is 3.73. The van der Waals surface area contributed by atoms with E-state index >= 15 is 0 Å². The number of benzene rings is 1. The van der Waals surface area contributed by atoms with Gasteiger partial charge in [-0.15, -0.1) is 10.2 Å². The number of hydrogen-bond acceptors (Lipinski definition) is 5. The number of pyridine rings is 1. The van der Waals surface area contributed by atoms with Gasteiger partial charge in [0.05, 0.1) is 11.4 Å². The van der Waals surface area contributed by atoms with E-state index in [1.54, 1.807) is 35.6 Å². The third-order valence-electron chi connectivity index (χ3n) is 5.53. The lowest BCUT2D eigenvalue weighted by atomic mass is 9.98. The summed E-state index contributed by atoms with van der Waals surface area (Å²) in [5, 5.41) is 15.0. The Kier molecular flexibility index (Phi) is 6.47. The fraction of sp³-hybridized carbons (Fsp3) is 0.381. The number of guanidine groups is 1. The second-order valence-corrected chi connectivity index (χ2v) is 9.45. The molecule has 0 saturated carbocycles. The first-order valence-corrected chi connectivity index (χ1v) is 11.8. The molecule has 0 bridgehead atoms. The summed E-state index contributed by atoms with van der Waals surface area (Å²) in [5.74, 6) is 1.87. The summed E-state index contributed by atoms with van der Waals surface area (Å²) in [6.07, 6.45) is 3.55. The Bertz CT molecular complexity index is 1140. The van der Waals surface area contributed by atoms with Gasteiger partial charge in [-0.1, -0.05) is 24.3 Å². The van der Waals surface area contributed by atoms with Gasteiger partial charge >= 0.3 is 0 Å². The number of aromatic nitrogens is 3. The van der Waals surface area contributed by atoms with E-state index in [0.29, 0.717) is 36.4 Å². The largest absolute Gasteiger partial charge is 0.356 e. The van der Waals surface area contributed by atoms with E-state index in [1.807, 2.05) is 34.9 Å². The summed E-state index contributed by atoms with van der Waals surface area (Å²) in [7, 11) is -1.68. The van der Waals surface area contributed by atoms with Gasteiger partial charge in [0.2, 0.25) is 10.0 Å². The molecule has 31 heavy (non-hydrogen) atoms. The van der Waals surface area contributed by atoms with Gasteiger partial charge in [0, 0.05) is 32.9 Å². The monoisotopic (exact) mass is 441 g/mol. The molecule has 3 heterocycles. The molecular weight excluding hydrogens is 414 g/mol. The van der Waals surface area contributed by atoms with E-state index in [4.69, 9.17) is 0 Å². The average Bonchev–Trinajstić information content (AvgIpc) is 3.23. The lowest BCUT2D eigenvalue weighted by molar-refractivity contribution is 0.273. The number of rotatable bonds is 6. The number of nitrogens with one attached hydrogen (secondary N) is 2. The highest BCUT2D eigenvalue weighted by molar-refractivity contribution is 7.89. The van der Waals surface area contributed by atoms with Crippen molar-refractivity contribution in [3.63, 3.8) is 0 Å². The fourth-order valence-corrected chi connectivity index (χ4v) is 5.22. The van der Waals surface area contributed by atoms with Gasteiger partial charge in [-0.2, -0.15) is 4.31 Å². The maximum atomic E-state index is 12.8. The second kappa shape index (κ2) is 9.44. The molecule has 4 rings (SSSR count). The predicted octanol–water partition coefficient (Wildman–Crippen LogP) is 1.50. The van der Waals surface area contributed by atoms with Gasteiger partial charge < -0.3 is 10.6 Å². The Balaban J connectivity index is 1.26. The molecule has 1 fully saturated rings. The van der Waals surface area contributed by atoms with E-state index in [-0.39, 0.29) is 0 Å². The van der Waals surface area contributed by atoms with Crippen LogP contribution in [-0.4, -0.2) is 60.0 Å². The number of piperidine rings is 1. The van der Waals surface area contributed by atoms with Crippen LogP contribution in [0.25, 0.3) is 5.65 Å². The first-order valence-electron chi connectivity index (χ1n) is 10.4. The molecule has 0 atom stereocenters. The number of aliphatic imine (C=N–C) groups is 1. The molecule has 164 valence electrons. The highest BCUT2D eigenvalue weighted by atomic mass is 32.2. The number of sulfonamides is 1. The first kappa shape index (κ1) is 21.3. The SMILES string of the molecule is CN=C(NCc1nnc2ccccn12)NCC1CCN(S(=O)(=O)c2ccccc2)CC1. The van der Waals surface area contributed by atoms with Crippen LogP contribution < -0.4 is 10.6 Å². The molecule has 10 heteroatoms. The van der Waals surface area contributed by atoms with Crippen LogP contribution in [0.2, 0.25) is 0 Å². The molecule has 0 spiro atoms. The summed E-state index contributed by atoms with van der Waals surface area (Å²) in [6.45, 7) is 2.29. The van der Waals surface area contributed by atoms with Crippen LogP contribution in [0, 0.1) is 5.92 Å². The van der Waals surface area contributed by atoms with Crippen molar-refractivity contribution >= 4 is 21.6 Å². The van der Waals surface area contributed by atoms with Crippen molar-refractivity contribution in [1.29, 1.82) is 0 Å². The molecule has 1 saturated heterocycles. The van der Waals surface area contributed by atoms with Crippen molar-refractivity contribution in [1.82, 2.24) is 29.5 Å². The minimum atomic E-state index is -3.41. The Morgan fingerprint density at radius 3 is 2.55 bits per heavy atom. The lowest BCUT2D eigenvalue weighted by Crippen LogP contribution is -2.44. The lowest BCUT2D eigenvalue weighted by Gasteiger charge is -2.31. The van der Waals surface area contributed by atoms with Crippen molar-refractivity contribution in [3.8, 4) is 0 Å². The summed E-state index contributed by atoms with van der Waals surface area (Å²) in [5.41, 5.74) is 0.805. The van der Waals surface area contributed by atoms with E-state index in [1.165, 1.54) is 0 Å². The predicted molar refractivity (Wildman–Crippen MR) is 119 cm³/mol. The van der Waals surface area contributed by atoms with E-state index in [9.17, 15) is 8.42 Å². The molecular formula is C21H27N7O2S. The molecule has 0 amide bonds. The van der Waals surface area contributed by atoms with Gasteiger partial charge in [-0.3, -0.25) is 9.39 Å². The smallest absolute Gasteiger partial charge is 0.243 e. The molecule has 0 aliphatic carbocycles. The zero-order chi connectivity index (χ0) is 21.7. The number of hydrogen-bond donors (Lipinski definition) is 2. The molecule has 0 unspecified atom stereocenters.